The summed E-state index contributed by atoms with van der Waals surface area (Å²) in [6.45, 7) is 5.52. The molecule has 2 aliphatic rings. The molecular formula is C15H21N5O4. The highest BCUT2D eigenvalue weighted by Gasteiger charge is 2.27. The quantitative estimate of drug-likeness (QED) is 0.342. The van der Waals surface area contributed by atoms with Gasteiger partial charge in [-0.2, -0.15) is 5.12 Å². The number of rotatable bonds is 5. The molecule has 9 heteroatoms. The van der Waals surface area contributed by atoms with Crippen molar-refractivity contribution < 1.29 is 19.1 Å². The van der Waals surface area contributed by atoms with Crippen molar-refractivity contribution >= 4 is 23.6 Å². The molecule has 1 N–H and O–H groups in total. The monoisotopic (exact) mass is 335 g/mol. The Morgan fingerprint density at radius 1 is 1.33 bits per heavy atom. The second-order valence-corrected chi connectivity index (χ2v) is 4.93. The van der Waals surface area contributed by atoms with E-state index in [2.05, 4.69) is 15.4 Å². The van der Waals surface area contributed by atoms with Crippen molar-refractivity contribution in [3.8, 4) is 0 Å². The van der Waals surface area contributed by atoms with Gasteiger partial charge in [0, 0.05) is 13.5 Å². The Kier molecular flexibility index (Phi) is 5.56. The van der Waals surface area contributed by atoms with E-state index in [1.54, 1.807) is 19.0 Å². The highest BCUT2D eigenvalue weighted by Crippen LogP contribution is 2.19. The zero-order valence-electron chi connectivity index (χ0n) is 14.2. The Morgan fingerprint density at radius 3 is 2.54 bits per heavy atom. The molecule has 0 aromatic heterocycles. The van der Waals surface area contributed by atoms with E-state index in [9.17, 15) is 9.59 Å². The Morgan fingerprint density at radius 2 is 1.96 bits per heavy atom. The smallest absolute Gasteiger partial charge is 0.347 e. The number of carbonyl (C=O) groups excluding carboxylic acids is 2. The molecule has 130 valence electrons. The third-order valence-corrected chi connectivity index (χ3v) is 3.31. The van der Waals surface area contributed by atoms with Crippen molar-refractivity contribution in [2.75, 3.05) is 20.3 Å². The van der Waals surface area contributed by atoms with E-state index in [0.29, 0.717) is 12.3 Å². The van der Waals surface area contributed by atoms with E-state index in [4.69, 9.17) is 9.47 Å². The molecule has 0 amide bonds. The van der Waals surface area contributed by atoms with Crippen LogP contribution in [0.2, 0.25) is 0 Å². The molecule has 0 radical (unpaired) electrons. The van der Waals surface area contributed by atoms with Crippen molar-refractivity contribution in [2.24, 2.45) is 9.98 Å². The topological polar surface area (TPSA) is 95.8 Å². The average molecular weight is 335 g/mol. The molecule has 0 unspecified atom stereocenters. The van der Waals surface area contributed by atoms with Gasteiger partial charge in [0.2, 0.25) is 0 Å². The molecule has 0 bridgehead atoms. The second kappa shape index (κ2) is 7.62. The highest BCUT2D eigenvalue weighted by molar-refractivity contribution is 6.14. The lowest BCUT2D eigenvalue weighted by Crippen LogP contribution is -2.50. The van der Waals surface area contributed by atoms with Crippen LogP contribution in [0.1, 0.15) is 27.2 Å². The Balaban J connectivity index is 2.17. The van der Waals surface area contributed by atoms with Gasteiger partial charge in [-0.15, -0.1) is 0 Å². The number of nitrogens with one attached hydrogen (secondary N) is 1. The zero-order chi connectivity index (χ0) is 17.7. The maximum Gasteiger partial charge on any atom is 0.347 e. The van der Waals surface area contributed by atoms with E-state index in [-0.39, 0.29) is 18.8 Å². The molecule has 2 rings (SSSR count). The molecule has 24 heavy (non-hydrogen) atoms. The average Bonchev–Trinajstić information content (AvgIpc) is 2.83. The number of fused-ring (bicyclic) bond motifs is 1. The molecule has 0 atom stereocenters. The first kappa shape index (κ1) is 17.5. The van der Waals surface area contributed by atoms with Gasteiger partial charge in [0.15, 0.2) is 11.4 Å². The van der Waals surface area contributed by atoms with Crippen LogP contribution in [0.15, 0.2) is 33.7 Å². The first-order chi connectivity index (χ1) is 11.5. The largest absolute Gasteiger partial charge is 0.462 e. The van der Waals surface area contributed by atoms with Gasteiger partial charge < -0.3 is 9.47 Å². The lowest BCUT2D eigenvalue weighted by Gasteiger charge is -2.31. The van der Waals surface area contributed by atoms with E-state index in [1.807, 2.05) is 25.1 Å². The predicted molar refractivity (Wildman–Crippen MR) is 87.3 cm³/mol. The van der Waals surface area contributed by atoms with Gasteiger partial charge in [0.05, 0.1) is 19.4 Å². The fourth-order valence-electron chi connectivity index (χ4n) is 2.03. The maximum atomic E-state index is 11.9. The Labute approximate surface area is 140 Å². The van der Waals surface area contributed by atoms with Crippen LogP contribution in [0.5, 0.6) is 0 Å². The van der Waals surface area contributed by atoms with Crippen LogP contribution in [0.3, 0.4) is 0 Å². The van der Waals surface area contributed by atoms with Crippen LogP contribution in [0.4, 0.5) is 0 Å². The molecule has 2 aliphatic heterocycles. The Bertz CT molecular complexity index is 630. The first-order valence-corrected chi connectivity index (χ1v) is 7.64. The summed E-state index contributed by atoms with van der Waals surface area (Å²) in [5, 5.41) is 3.54. The lowest BCUT2D eigenvalue weighted by molar-refractivity contribution is -0.146. The minimum atomic E-state index is -0.759. The normalized spacial score (nSPS) is 17.6. The molecule has 0 saturated heterocycles. The van der Waals surface area contributed by atoms with Crippen LogP contribution in [0.25, 0.3) is 0 Å². The third kappa shape index (κ3) is 3.73. The van der Waals surface area contributed by atoms with Crippen LogP contribution in [-0.2, 0) is 19.1 Å². The number of hydrogen-bond acceptors (Lipinski definition) is 8. The number of carbonyl (C=O) groups is 2. The predicted octanol–water partition coefficient (Wildman–Crippen LogP) is 0.725. The van der Waals surface area contributed by atoms with Gasteiger partial charge >= 0.3 is 11.9 Å². The lowest BCUT2D eigenvalue weighted by atomic mass is 10.3. The summed E-state index contributed by atoms with van der Waals surface area (Å²) in [4.78, 5) is 32.3. The summed E-state index contributed by atoms with van der Waals surface area (Å²) in [7, 11) is 1.86. The molecule has 2 heterocycles. The van der Waals surface area contributed by atoms with Gasteiger partial charge in [-0.05, 0) is 26.8 Å². The van der Waals surface area contributed by atoms with Gasteiger partial charge in [-0.25, -0.2) is 19.6 Å². The Hall–Kier alpha value is -2.84. The molecule has 0 aromatic carbocycles. The molecule has 0 aromatic rings. The third-order valence-electron chi connectivity index (χ3n) is 3.31. The fourth-order valence-corrected chi connectivity index (χ4v) is 2.03. The van der Waals surface area contributed by atoms with Crippen LogP contribution in [0, 0.1) is 0 Å². The molecule has 0 spiro atoms. The number of nitrogens with zero attached hydrogens (tertiary/aromatic N) is 4. The number of hydrazine groups is 2. The molecular weight excluding hydrogens is 314 g/mol. The summed E-state index contributed by atoms with van der Waals surface area (Å²) in [5.74, 6) is 0.648. The molecule has 0 saturated carbocycles. The minimum Gasteiger partial charge on any atom is -0.462 e. The van der Waals surface area contributed by atoms with Gasteiger partial charge in [0.25, 0.3) is 0 Å². The summed E-state index contributed by atoms with van der Waals surface area (Å²) in [6, 6.07) is 0. The SMILES string of the molecule is CCOC(=O)C(=CN=C1CC=C2N=C(C)N(C)N2N1)C(=O)OCC. The van der Waals surface area contributed by atoms with Crippen molar-refractivity contribution in [3.63, 3.8) is 0 Å². The van der Waals surface area contributed by atoms with E-state index < -0.39 is 11.9 Å². The van der Waals surface area contributed by atoms with E-state index in [0.717, 1.165) is 11.7 Å². The summed E-state index contributed by atoms with van der Waals surface area (Å²) >= 11 is 0. The van der Waals surface area contributed by atoms with Crippen molar-refractivity contribution in [1.82, 2.24) is 15.6 Å². The van der Waals surface area contributed by atoms with Crippen molar-refractivity contribution in [3.05, 3.63) is 23.7 Å². The highest BCUT2D eigenvalue weighted by atomic mass is 16.6. The van der Waals surface area contributed by atoms with Crippen LogP contribution in [-0.4, -0.2) is 54.0 Å². The molecule has 9 nitrogen and oxygen atoms in total. The van der Waals surface area contributed by atoms with Crippen LogP contribution >= 0.6 is 0 Å². The fraction of sp³-hybridized carbons (Fsp3) is 0.467. The number of ether oxygens (including phenoxy) is 2. The zero-order valence-corrected chi connectivity index (χ0v) is 14.2. The maximum absolute atomic E-state index is 11.9. The van der Waals surface area contributed by atoms with E-state index >= 15 is 0 Å². The number of esters is 2. The van der Waals surface area contributed by atoms with Gasteiger partial charge in [0.1, 0.15) is 11.7 Å². The summed E-state index contributed by atoms with van der Waals surface area (Å²) < 4.78 is 9.73. The first-order valence-electron chi connectivity index (χ1n) is 7.64. The molecule has 0 aliphatic carbocycles. The van der Waals surface area contributed by atoms with Gasteiger partial charge in [-0.3, -0.25) is 10.4 Å². The number of amidine groups is 2. The summed E-state index contributed by atoms with van der Waals surface area (Å²) in [5.41, 5.74) is 2.82. The number of aliphatic imine (C=N–C) groups is 2. The number of hydrogen-bond donors (Lipinski definition) is 1. The van der Waals surface area contributed by atoms with Gasteiger partial charge in [-0.1, -0.05) is 0 Å². The second-order valence-electron chi connectivity index (χ2n) is 4.93. The van der Waals surface area contributed by atoms with Crippen molar-refractivity contribution in [2.45, 2.75) is 27.2 Å². The minimum absolute atomic E-state index is 0.158. The van der Waals surface area contributed by atoms with Crippen molar-refractivity contribution in [1.29, 1.82) is 0 Å². The molecule has 0 fully saturated rings. The van der Waals surface area contributed by atoms with Crippen LogP contribution < -0.4 is 5.43 Å². The standard InChI is InChI=1S/C15H21N5O4/c1-5-23-14(21)11(15(22)24-6-2)9-16-12-7-8-13-17-10(3)19(4)20(13)18-12/h8-9H,5-7H2,1-4H3,(H,16,18). The van der Waals surface area contributed by atoms with E-state index in [1.165, 1.54) is 6.20 Å². The summed E-state index contributed by atoms with van der Waals surface area (Å²) in [6.07, 6.45) is 3.55.